The van der Waals surface area contributed by atoms with Crippen LogP contribution in [-0.4, -0.2) is 39.2 Å². The number of aromatic hydroxyl groups is 1. The Kier molecular flexibility index (Phi) is 7.77. The van der Waals surface area contributed by atoms with Crippen molar-refractivity contribution in [2.45, 2.75) is 6.92 Å². The standard InChI is InChI=1S/C23H18N6O7/c1-14-10-17(12-24-26-22(31)15-2-6-19(7-3-15)28(33)34)21(30)18(11-14)13-25-27-23(32)16-4-8-20(9-5-16)29(35)36/h2-13,30H,1H3,(H,26,31)(H,27,32)/b24-12+,25-13?. The van der Waals surface area contributed by atoms with Crippen LogP contribution in [0.15, 0.2) is 70.9 Å². The molecule has 0 bridgehead atoms. The lowest BCUT2D eigenvalue weighted by Gasteiger charge is -2.06. The minimum atomic E-state index is -0.607. The van der Waals surface area contributed by atoms with Gasteiger partial charge in [-0.15, -0.1) is 0 Å². The van der Waals surface area contributed by atoms with E-state index >= 15 is 0 Å². The molecular weight excluding hydrogens is 472 g/mol. The zero-order valence-electron chi connectivity index (χ0n) is 18.6. The topological polar surface area (TPSA) is 189 Å². The molecule has 0 aliphatic rings. The van der Waals surface area contributed by atoms with Gasteiger partial charge in [0, 0.05) is 46.5 Å². The van der Waals surface area contributed by atoms with Crippen LogP contribution in [0.4, 0.5) is 11.4 Å². The van der Waals surface area contributed by atoms with Crippen LogP contribution in [-0.2, 0) is 0 Å². The summed E-state index contributed by atoms with van der Waals surface area (Å²) in [4.78, 5) is 44.6. The predicted octanol–water partition coefficient (Wildman–Crippen LogP) is 3.04. The lowest BCUT2D eigenvalue weighted by atomic mass is 10.1. The van der Waals surface area contributed by atoms with Crippen molar-refractivity contribution in [1.82, 2.24) is 10.9 Å². The van der Waals surface area contributed by atoms with E-state index in [4.69, 9.17) is 0 Å². The second-order valence-electron chi connectivity index (χ2n) is 7.30. The molecule has 0 aromatic heterocycles. The van der Waals surface area contributed by atoms with E-state index in [9.17, 15) is 34.9 Å². The molecule has 0 saturated carbocycles. The summed E-state index contributed by atoms with van der Waals surface area (Å²) < 4.78 is 0. The van der Waals surface area contributed by atoms with Crippen molar-refractivity contribution in [2.75, 3.05) is 0 Å². The number of phenols is 1. The summed E-state index contributed by atoms with van der Waals surface area (Å²) in [5.74, 6) is -1.43. The third kappa shape index (κ3) is 6.32. The highest BCUT2D eigenvalue weighted by atomic mass is 16.6. The first-order valence-electron chi connectivity index (χ1n) is 10.1. The summed E-state index contributed by atoms with van der Waals surface area (Å²) in [5, 5.41) is 39.5. The molecule has 36 heavy (non-hydrogen) atoms. The minimum absolute atomic E-state index is 0.155. The van der Waals surface area contributed by atoms with Crippen LogP contribution in [0.2, 0.25) is 0 Å². The van der Waals surface area contributed by atoms with Gasteiger partial charge in [0.1, 0.15) is 5.75 Å². The van der Waals surface area contributed by atoms with Crippen LogP contribution in [0, 0.1) is 27.2 Å². The van der Waals surface area contributed by atoms with Crippen molar-refractivity contribution in [3.8, 4) is 5.75 Å². The maximum Gasteiger partial charge on any atom is 0.271 e. The first-order valence-corrected chi connectivity index (χ1v) is 10.1. The number of nitrogens with zero attached hydrogens (tertiary/aromatic N) is 4. The van der Waals surface area contributed by atoms with Crippen molar-refractivity contribution >= 4 is 35.6 Å². The van der Waals surface area contributed by atoms with E-state index in [2.05, 4.69) is 21.1 Å². The molecule has 3 rings (SSSR count). The molecule has 0 aliphatic carbocycles. The molecule has 0 heterocycles. The summed E-state index contributed by atoms with van der Waals surface area (Å²) in [6.45, 7) is 1.75. The normalized spacial score (nSPS) is 10.9. The second-order valence-corrected chi connectivity index (χ2v) is 7.30. The molecule has 0 radical (unpaired) electrons. The van der Waals surface area contributed by atoms with Gasteiger partial charge in [-0.1, -0.05) is 0 Å². The molecule has 0 saturated heterocycles. The van der Waals surface area contributed by atoms with Gasteiger partial charge in [0.2, 0.25) is 0 Å². The molecule has 0 atom stereocenters. The van der Waals surface area contributed by atoms with Crippen LogP contribution < -0.4 is 10.9 Å². The van der Waals surface area contributed by atoms with Crippen LogP contribution in [0.25, 0.3) is 0 Å². The van der Waals surface area contributed by atoms with Crippen molar-refractivity contribution in [2.24, 2.45) is 10.2 Å². The summed E-state index contributed by atoms with van der Waals surface area (Å²) in [6.07, 6.45) is 2.41. The highest BCUT2D eigenvalue weighted by Gasteiger charge is 2.11. The Bertz CT molecular complexity index is 1280. The molecule has 13 nitrogen and oxygen atoms in total. The highest BCUT2D eigenvalue weighted by molar-refractivity contribution is 5.97. The lowest BCUT2D eigenvalue weighted by molar-refractivity contribution is -0.385. The highest BCUT2D eigenvalue weighted by Crippen LogP contribution is 2.22. The summed E-state index contributed by atoms with van der Waals surface area (Å²) in [5.41, 5.74) is 5.76. The number of benzene rings is 3. The Hall–Kier alpha value is -5.46. The fourth-order valence-corrected chi connectivity index (χ4v) is 2.95. The van der Waals surface area contributed by atoms with Crippen LogP contribution in [0.1, 0.15) is 37.4 Å². The second kappa shape index (κ2) is 11.1. The lowest BCUT2D eigenvalue weighted by Crippen LogP contribution is -2.17. The van der Waals surface area contributed by atoms with E-state index < -0.39 is 21.7 Å². The number of non-ortho nitro benzene ring substituents is 2. The number of carbonyl (C=O) groups is 2. The fraction of sp³-hybridized carbons (Fsp3) is 0.0435. The third-order valence-corrected chi connectivity index (χ3v) is 4.73. The molecule has 0 aliphatic heterocycles. The number of aryl methyl sites for hydroxylation is 1. The van der Waals surface area contributed by atoms with Gasteiger partial charge in [-0.05, 0) is 48.9 Å². The van der Waals surface area contributed by atoms with Gasteiger partial charge in [-0.25, -0.2) is 10.9 Å². The molecule has 182 valence electrons. The molecule has 0 fully saturated rings. The third-order valence-electron chi connectivity index (χ3n) is 4.73. The number of phenolic OH excluding ortho intramolecular Hbond substituents is 1. The van der Waals surface area contributed by atoms with E-state index in [1.807, 2.05) is 0 Å². The van der Waals surface area contributed by atoms with Gasteiger partial charge < -0.3 is 5.11 Å². The van der Waals surface area contributed by atoms with E-state index in [0.29, 0.717) is 0 Å². The number of hydrogen-bond donors (Lipinski definition) is 3. The SMILES string of the molecule is Cc1cc(C=NNC(=O)c2ccc([N+](=O)[O-])cc2)c(O)c(/C=N/NC(=O)c2ccc([N+](=O)[O-])cc2)c1. The molecular formula is C23H18N6O7. The smallest absolute Gasteiger partial charge is 0.271 e. The van der Waals surface area contributed by atoms with Gasteiger partial charge in [0.15, 0.2) is 0 Å². The quantitative estimate of drug-likeness (QED) is 0.245. The van der Waals surface area contributed by atoms with Crippen LogP contribution in [0.3, 0.4) is 0 Å². The maximum atomic E-state index is 12.2. The van der Waals surface area contributed by atoms with E-state index in [1.54, 1.807) is 19.1 Å². The Labute approximate surface area is 203 Å². The van der Waals surface area contributed by atoms with Crippen molar-refractivity contribution in [3.63, 3.8) is 0 Å². The summed E-state index contributed by atoms with van der Waals surface area (Å²) in [7, 11) is 0. The van der Waals surface area contributed by atoms with Gasteiger partial charge >= 0.3 is 0 Å². The Morgan fingerprint density at radius 3 is 1.47 bits per heavy atom. The average molecular weight is 490 g/mol. The fourth-order valence-electron chi connectivity index (χ4n) is 2.95. The average Bonchev–Trinajstić information content (AvgIpc) is 2.86. The molecule has 3 aromatic rings. The Balaban J connectivity index is 1.66. The van der Waals surface area contributed by atoms with E-state index in [0.717, 1.165) is 5.56 Å². The Morgan fingerprint density at radius 2 is 1.14 bits per heavy atom. The monoisotopic (exact) mass is 490 g/mol. The summed E-state index contributed by atoms with van der Waals surface area (Å²) in [6, 6.07) is 13.1. The molecule has 0 unspecified atom stereocenters. The van der Waals surface area contributed by atoms with Crippen LogP contribution in [0.5, 0.6) is 5.75 Å². The van der Waals surface area contributed by atoms with Gasteiger partial charge in [-0.3, -0.25) is 29.8 Å². The van der Waals surface area contributed by atoms with Crippen LogP contribution >= 0.6 is 0 Å². The number of rotatable bonds is 8. The number of nitro benzene ring substituents is 2. The van der Waals surface area contributed by atoms with E-state index in [1.165, 1.54) is 61.0 Å². The molecule has 3 N–H and O–H groups in total. The molecule has 2 amide bonds. The molecule has 3 aromatic carbocycles. The van der Waals surface area contributed by atoms with Crippen molar-refractivity contribution in [3.05, 3.63) is 109 Å². The van der Waals surface area contributed by atoms with Gasteiger partial charge in [-0.2, -0.15) is 10.2 Å². The van der Waals surface area contributed by atoms with Crippen molar-refractivity contribution in [1.29, 1.82) is 0 Å². The van der Waals surface area contributed by atoms with E-state index in [-0.39, 0.29) is 39.4 Å². The zero-order chi connectivity index (χ0) is 26.2. The number of nitrogens with one attached hydrogen (secondary N) is 2. The van der Waals surface area contributed by atoms with Crippen molar-refractivity contribution < 1.29 is 24.5 Å². The minimum Gasteiger partial charge on any atom is -0.507 e. The van der Waals surface area contributed by atoms with Gasteiger partial charge in [0.05, 0.1) is 22.3 Å². The molecule has 13 heteroatoms. The first-order chi connectivity index (χ1) is 17.2. The number of amides is 2. The predicted molar refractivity (Wildman–Crippen MR) is 129 cm³/mol. The number of carbonyl (C=O) groups excluding carboxylic acids is 2. The number of nitro groups is 2. The zero-order valence-corrected chi connectivity index (χ0v) is 18.6. The Morgan fingerprint density at radius 1 is 0.778 bits per heavy atom. The first kappa shape index (κ1) is 25.2. The number of hydrogen-bond acceptors (Lipinski definition) is 9. The largest absolute Gasteiger partial charge is 0.507 e. The van der Waals surface area contributed by atoms with Gasteiger partial charge in [0.25, 0.3) is 23.2 Å². The molecule has 0 spiro atoms. The number of hydrazone groups is 2. The maximum absolute atomic E-state index is 12.2. The summed E-state index contributed by atoms with van der Waals surface area (Å²) >= 11 is 0.